The topological polar surface area (TPSA) is 44.5 Å². The van der Waals surface area contributed by atoms with Crippen LogP contribution in [0.2, 0.25) is 0 Å². The monoisotopic (exact) mass is 244 g/mol. The van der Waals surface area contributed by atoms with Crippen molar-refractivity contribution in [3.05, 3.63) is 17.7 Å². The zero-order valence-corrected chi connectivity index (χ0v) is 10.6. The normalized spacial score (nSPS) is 15.9. The number of rotatable bonds is 5. The molecule has 0 spiro atoms. The van der Waals surface area contributed by atoms with Crippen molar-refractivity contribution in [2.24, 2.45) is 5.73 Å². The molecule has 3 nitrogen and oxygen atoms in total. The van der Waals surface area contributed by atoms with E-state index in [1.54, 1.807) is 19.2 Å². The van der Waals surface area contributed by atoms with Crippen LogP contribution in [0.15, 0.2) is 17.0 Å². The second-order valence-electron chi connectivity index (χ2n) is 3.60. The fourth-order valence-electron chi connectivity index (χ4n) is 1.52. The van der Waals surface area contributed by atoms with Gasteiger partial charge in [-0.2, -0.15) is 0 Å². The van der Waals surface area contributed by atoms with Gasteiger partial charge in [0.25, 0.3) is 0 Å². The van der Waals surface area contributed by atoms with Gasteiger partial charge in [0.05, 0.1) is 19.1 Å². The number of thioether (sulfide) groups is 1. The summed E-state index contributed by atoms with van der Waals surface area (Å²) in [6, 6.07) is 3.46. The number of nitrogens with two attached hydrogens (primary N) is 1. The summed E-state index contributed by atoms with van der Waals surface area (Å²) in [5, 5.41) is 0. The molecule has 0 aromatic heterocycles. The summed E-state index contributed by atoms with van der Waals surface area (Å²) < 4.78 is 32.5. The molecular weight excluding hydrogens is 222 g/mol. The van der Waals surface area contributed by atoms with E-state index in [1.807, 2.05) is 6.92 Å². The third-order valence-electron chi connectivity index (χ3n) is 2.22. The summed E-state index contributed by atoms with van der Waals surface area (Å²) in [5.41, 5.74) is 6.69. The quantitative estimate of drug-likeness (QED) is 0.807. The molecule has 0 aliphatic heterocycles. The predicted octanol–water partition coefficient (Wildman–Crippen LogP) is 2.32. The van der Waals surface area contributed by atoms with Gasteiger partial charge in [0.2, 0.25) is 0 Å². The zero-order chi connectivity index (χ0) is 14.6. The molecule has 1 aromatic rings. The minimum Gasteiger partial charge on any atom is -0.496 e. The van der Waals surface area contributed by atoms with Crippen molar-refractivity contribution in [3.8, 4) is 11.5 Å². The highest BCUT2D eigenvalue weighted by Crippen LogP contribution is 2.34. The molecular formula is C12H19NO2S. The van der Waals surface area contributed by atoms with Crippen LogP contribution >= 0.6 is 11.8 Å². The maximum absolute atomic E-state index is 7.32. The maximum atomic E-state index is 7.32. The van der Waals surface area contributed by atoms with Crippen LogP contribution in [0.5, 0.6) is 11.5 Å². The first-order chi connectivity index (χ1) is 8.76. The third kappa shape index (κ3) is 3.06. The molecule has 0 fully saturated rings. The molecule has 0 bridgehead atoms. The molecule has 0 radical (unpaired) electrons. The second kappa shape index (κ2) is 6.01. The second-order valence-corrected chi connectivity index (χ2v) is 4.24. The summed E-state index contributed by atoms with van der Waals surface area (Å²) in [5.74, 6) is 1.16. The highest BCUT2D eigenvalue weighted by molar-refractivity contribution is 7.98. The van der Waals surface area contributed by atoms with E-state index >= 15 is 0 Å². The largest absolute Gasteiger partial charge is 0.496 e. The molecule has 90 valence electrons. The number of benzene rings is 1. The van der Waals surface area contributed by atoms with Crippen LogP contribution in [0.25, 0.3) is 0 Å². The Labute approximate surface area is 106 Å². The lowest BCUT2D eigenvalue weighted by molar-refractivity contribution is 0.389. The summed E-state index contributed by atoms with van der Waals surface area (Å²) in [4.78, 5) is 0.535. The molecule has 0 saturated heterocycles. The van der Waals surface area contributed by atoms with Crippen LogP contribution < -0.4 is 15.2 Å². The Morgan fingerprint density at radius 2 is 2.06 bits per heavy atom. The van der Waals surface area contributed by atoms with Crippen LogP contribution in [0.1, 0.15) is 16.6 Å². The van der Waals surface area contributed by atoms with Crippen LogP contribution in [0, 0.1) is 0 Å². The smallest absolute Gasteiger partial charge is 0.132 e. The Morgan fingerprint density at radius 3 is 2.56 bits per heavy atom. The predicted molar refractivity (Wildman–Crippen MR) is 68.7 cm³/mol. The van der Waals surface area contributed by atoms with Gasteiger partial charge in [-0.25, -0.2) is 0 Å². The van der Waals surface area contributed by atoms with E-state index < -0.39 is 6.18 Å². The van der Waals surface area contributed by atoms with Gasteiger partial charge in [0.1, 0.15) is 11.5 Å². The lowest BCUT2D eigenvalue weighted by Crippen LogP contribution is -2.18. The number of methoxy groups -OCH3 is 2. The van der Waals surface area contributed by atoms with Gasteiger partial charge in [-0.15, -0.1) is 11.8 Å². The minimum atomic E-state index is -2.12. The molecule has 16 heavy (non-hydrogen) atoms. The van der Waals surface area contributed by atoms with Crippen LogP contribution in [-0.4, -0.2) is 26.4 Å². The van der Waals surface area contributed by atoms with Crippen molar-refractivity contribution < 1.29 is 13.6 Å². The Hall–Kier alpha value is -0.870. The van der Waals surface area contributed by atoms with Gasteiger partial charge in [0.15, 0.2) is 0 Å². The Balaban J connectivity index is 3.19. The van der Waals surface area contributed by atoms with Crippen LogP contribution in [0.4, 0.5) is 0 Å². The molecule has 0 heterocycles. The fraction of sp³-hybridized carbons (Fsp3) is 0.500. The Bertz CT molecular complexity index is 436. The first kappa shape index (κ1) is 9.19. The van der Waals surface area contributed by atoms with E-state index in [9.17, 15) is 0 Å². The third-order valence-corrected chi connectivity index (χ3v) is 2.76. The van der Waals surface area contributed by atoms with Crippen molar-refractivity contribution in [2.45, 2.75) is 24.3 Å². The van der Waals surface area contributed by atoms with E-state index in [0.29, 0.717) is 22.8 Å². The molecule has 1 rings (SSSR count). The van der Waals surface area contributed by atoms with Crippen molar-refractivity contribution >= 4 is 11.8 Å². The summed E-state index contributed by atoms with van der Waals surface area (Å²) in [7, 11) is 3.07. The molecule has 0 aliphatic rings. The molecule has 0 aliphatic carbocycles. The van der Waals surface area contributed by atoms with Gasteiger partial charge in [-0.05, 0) is 37.2 Å². The molecule has 1 unspecified atom stereocenters. The zero-order valence-electron chi connectivity index (χ0n) is 12.7. The van der Waals surface area contributed by atoms with Crippen LogP contribution in [-0.2, 0) is 6.42 Å². The first-order valence-electron chi connectivity index (χ1n) is 6.46. The highest BCUT2D eigenvalue weighted by Gasteiger charge is 2.11. The van der Waals surface area contributed by atoms with E-state index in [0.717, 1.165) is 17.3 Å². The van der Waals surface area contributed by atoms with Crippen molar-refractivity contribution in [1.82, 2.24) is 0 Å². The number of ether oxygens (including phenoxy) is 2. The molecule has 2 N–H and O–H groups in total. The minimum absolute atomic E-state index is 0.0141. The fourth-order valence-corrected chi connectivity index (χ4v) is 1.93. The van der Waals surface area contributed by atoms with E-state index in [4.69, 9.17) is 19.3 Å². The van der Waals surface area contributed by atoms with Crippen molar-refractivity contribution in [2.75, 3.05) is 20.4 Å². The summed E-state index contributed by atoms with van der Waals surface area (Å²) in [6.45, 7) is 1.90. The molecule has 1 atom stereocenters. The maximum Gasteiger partial charge on any atom is 0.132 e. The lowest BCUT2D eigenvalue weighted by atomic mass is 10.1. The van der Waals surface area contributed by atoms with Gasteiger partial charge >= 0.3 is 0 Å². The van der Waals surface area contributed by atoms with E-state index in [2.05, 4.69) is 0 Å². The molecule has 0 amide bonds. The molecule has 1 aromatic carbocycles. The Kier molecular flexibility index (Phi) is 3.45. The molecule has 4 heteroatoms. The van der Waals surface area contributed by atoms with Gasteiger partial charge in [-0.3, -0.25) is 0 Å². The number of hydrogen-bond acceptors (Lipinski definition) is 4. The highest BCUT2D eigenvalue weighted by atomic mass is 32.2. The van der Waals surface area contributed by atoms with Crippen LogP contribution in [0.3, 0.4) is 0 Å². The first-order valence-corrected chi connectivity index (χ1v) is 5.78. The van der Waals surface area contributed by atoms with E-state index in [1.165, 1.54) is 7.11 Å². The Morgan fingerprint density at radius 1 is 1.38 bits per heavy atom. The average molecular weight is 244 g/mol. The average Bonchev–Trinajstić information content (AvgIpc) is 2.27. The summed E-state index contributed by atoms with van der Waals surface area (Å²) >= 11 is 0.773. The van der Waals surface area contributed by atoms with Crippen molar-refractivity contribution in [1.29, 1.82) is 0 Å². The standard InChI is InChI=1S/C12H19NO2S/c1-8(13)5-9-6-11(15-3)12(16-4)7-10(9)14-2/h6-8H,5,13H2,1-4H3/i4D3. The summed E-state index contributed by atoms with van der Waals surface area (Å²) in [6.07, 6.45) is -1.49. The van der Waals surface area contributed by atoms with Gasteiger partial charge < -0.3 is 15.2 Å². The van der Waals surface area contributed by atoms with Gasteiger partial charge in [-0.1, -0.05) is 0 Å². The van der Waals surface area contributed by atoms with Crippen molar-refractivity contribution in [3.63, 3.8) is 0 Å². The number of hydrogen-bond donors (Lipinski definition) is 1. The van der Waals surface area contributed by atoms with Gasteiger partial charge in [0, 0.05) is 10.2 Å². The lowest BCUT2D eigenvalue weighted by Gasteiger charge is -2.15. The SMILES string of the molecule is [2H]C([2H])([2H])Sc1cc(OC)c(CC(C)N)cc1OC. The van der Waals surface area contributed by atoms with E-state index in [-0.39, 0.29) is 6.04 Å². The molecule has 0 saturated carbocycles.